The fourth-order valence-electron chi connectivity index (χ4n) is 3.21. The van der Waals surface area contributed by atoms with Gasteiger partial charge in [0.1, 0.15) is 12.4 Å². The Labute approximate surface area is 174 Å². The lowest BCUT2D eigenvalue weighted by Gasteiger charge is -2.12. The van der Waals surface area contributed by atoms with Crippen LogP contribution >= 0.6 is 12.2 Å². The molecule has 0 bridgehead atoms. The highest BCUT2D eigenvalue weighted by atomic mass is 32.1. The van der Waals surface area contributed by atoms with E-state index in [1.54, 1.807) is 4.68 Å². The Bertz CT molecular complexity index is 1190. The zero-order chi connectivity index (χ0) is 20.1. The summed E-state index contributed by atoms with van der Waals surface area (Å²) < 4.78 is 8.32. The summed E-state index contributed by atoms with van der Waals surface area (Å²) in [5.74, 6) is 1.60. The molecule has 0 saturated heterocycles. The van der Waals surface area contributed by atoms with Crippen LogP contribution in [0, 0.1) is 4.77 Å². The van der Waals surface area contributed by atoms with Gasteiger partial charge >= 0.3 is 0 Å². The third-order valence-corrected chi connectivity index (χ3v) is 4.93. The number of hydrogen-bond acceptors (Lipinski definition) is 4. The number of nitrogens with one attached hydrogen (secondary N) is 1. The van der Waals surface area contributed by atoms with Crippen LogP contribution in [0.5, 0.6) is 5.75 Å². The van der Waals surface area contributed by atoms with Crippen molar-refractivity contribution in [3.8, 4) is 5.75 Å². The van der Waals surface area contributed by atoms with Crippen molar-refractivity contribution in [1.29, 1.82) is 0 Å². The van der Waals surface area contributed by atoms with Crippen LogP contribution in [0.2, 0.25) is 0 Å². The molecule has 5 nitrogen and oxygen atoms in total. The first-order valence-corrected chi connectivity index (χ1v) is 10.1. The van der Waals surface area contributed by atoms with Crippen LogP contribution in [0.15, 0.2) is 71.8 Å². The van der Waals surface area contributed by atoms with E-state index in [4.69, 9.17) is 17.0 Å². The molecule has 0 unspecified atom stereocenters. The second-order valence-corrected chi connectivity index (χ2v) is 7.11. The molecular weight excluding hydrogens is 380 g/mol. The van der Waals surface area contributed by atoms with Gasteiger partial charge in [0, 0.05) is 12.0 Å². The third kappa shape index (κ3) is 4.27. The molecule has 0 fully saturated rings. The fourth-order valence-corrected chi connectivity index (χ4v) is 3.41. The number of hydrogen-bond donors (Lipinski definition) is 1. The molecule has 1 heterocycles. The van der Waals surface area contributed by atoms with Gasteiger partial charge in [0.15, 0.2) is 5.82 Å². The number of aromatic amines is 1. The van der Waals surface area contributed by atoms with Gasteiger partial charge in [-0.2, -0.15) is 14.9 Å². The van der Waals surface area contributed by atoms with Gasteiger partial charge in [-0.3, -0.25) is 5.10 Å². The number of aryl methyl sites for hydroxylation is 1. The van der Waals surface area contributed by atoms with E-state index < -0.39 is 0 Å². The molecule has 1 aromatic heterocycles. The summed E-state index contributed by atoms with van der Waals surface area (Å²) in [6.45, 7) is 2.60. The predicted molar refractivity (Wildman–Crippen MR) is 119 cm³/mol. The maximum absolute atomic E-state index is 6.16. The lowest BCUT2D eigenvalue weighted by molar-refractivity contribution is 0.306. The van der Waals surface area contributed by atoms with Crippen LogP contribution in [0.3, 0.4) is 0 Å². The van der Waals surface area contributed by atoms with Crippen molar-refractivity contribution in [2.45, 2.75) is 26.4 Å². The van der Waals surface area contributed by atoms with Crippen molar-refractivity contribution in [2.24, 2.45) is 5.10 Å². The maximum Gasteiger partial charge on any atom is 0.216 e. The molecule has 4 aromatic rings. The minimum atomic E-state index is 0.483. The van der Waals surface area contributed by atoms with E-state index >= 15 is 0 Å². The average Bonchev–Trinajstić information content (AvgIpc) is 3.11. The summed E-state index contributed by atoms with van der Waals surface area (Å²) in [5.41, 5.74) is 2.04. The van der Waals surface area contributed by atoms with Crippen molar-refractivity contribution in [2.75, 3.05) is 0 Å². The molecule has 0 radical (unpaired) electrons. The van der Waals surface area contributed by atoms with Crippen LogP contribution in [0.1, 0.15) is 30.3 Å². The normalized spacial score (nSPS) is 11.3. The van der Waals surface area contributed by atoms with Crippen LogP contribution in [0.25, 0.3) is 10.8 Å². The average molecular weight is 403 g/mol. The molecule has 3 aromatic carbocycles. The van der Waals surface area contributed by atoms with Crippen molar-refractivity contribution in [1.82, 2.24) is 14.9 Å². The quantitative estimate of drug-likeness (QED) is 0.328. The Kier molecular flexibility index (Phi) is 5.81. The standard InChI is InChI=1S/C23H22N4OS/c1-2-8-22-25-26-23(29)27(22)24-15-20-19-12-7-6-11-18(19)13-14-21(20)28-16-17-9-4-3-5-10-17/h3-7,9-15H,2,8,16H2,1H3,(H,26,29)/b24-15-. The lowest BCUT2D eigenvalue weighted by atomic mass is 10.0. The van der Waals surface area contributed by atoms with Gasteiger partial charge in [-0.1, -0.05) is 67.6 Å². The molecule has 0 amide bonds. The minimum absolute atomic E-state index is 0.483. The first kappa shape index (κ1) is 19.1. The number of ether oxygens (including phenoxy) is 1. The van der Waals surface area contributed by atoms with E-state index in [-0.39, 0.29) is 0 Å². The van der Waals surface area contributed by atoms with Crippen molar-refractivity contribution in [3.63, 3.8) is 0 Å². The molecule has 0 saturated carbocycles. The Morgan fingerprint density at radius 3 is 2.69 bits per heavy atom. The number of rotatable bonds is 7. The molecule has 0 aliphatic rings. The molecule has 0 aliphatic carbocycles. The minimum Gasteiger partial charge on any atom is -0.488 e. The fraction of sp³-hybridized carbons (Fsp3) is 0.174. The van der Waals surface area contributed by atoms with Gasteiger partial charge in [0.05, 0.1) is 6.21 Å². The van der Waals surface area contributed by atoms with Crippen molar-refractivity contribution in [3.05, 3.63) is 88.5 Å². The summed E-state index contributed by atoms with van der Waals surface area (Å²) in [5, 5.41) is 13.9. The topological polar surface area (TPSA) is 55.2 Å². The molecule has 0 atom stereocenters. The maximum atomic E-state index is 6.16. The number of nitrogens with zero attached hydrogens (tertiary/aromatic N) is 3. The second-order valence-electron chi connectivity index (χ2n) is 6.72. The highest BCUT2D eigenvalue weighted by molar-refractivity contribution is 7.71. The van der Waals surface area contributed by atoms with Gasteiger partial charge in [0.25, 0.3) is 0 Å². The van der Waals surface area contributed by atoms with Crippen LogP contribution in [0.4, 0.5) is 0 Å². The van der Waals surface area contributed by atoms with E-state index in [1.165, 1.54) is 0 Å². The number of fused-ring (bicyclic) bond motifs is 1. The number of H-pyrrole nitrogens is 1. The van der Waals surface area contributed by atoms with Gasteiger partial charge in [0.2, 0.25) is 4.77 Å². The van der Waals surface area contributed by atoms with E-state index in [1.807, 2.05) is 42.6 Å². The van der Waals surface area contributed by atoms with Gasteiger partial charge in [-0.05, 0) is 41.0 Å². The third-order valence-electron chi connectivity index (χ3n) is 4.66. The Hall–Kier alpha value is -3.25. The van der Waals surface area contributed by atoms with Crippen LogP contribution < -0.4 is 4.74 Å². The van der Waals surface area contributed by atoms with Crippen molar-refractivity contribution < 1.29 is 4.74 Å². The van der Waals surface area contributed by atoms with E-state index in [2.05, 4.69) is 52.6 Å². The second kappa shape index (κ2) is 8.84. The van der Waals surface area contributed by atoms with Gasteiger partial charge in [-0.15, -0.1) is 0 Å². The van der Waals surface area contributed by atoms with E-state index in [0.717, 1.165) is 46.3 Å². The summed E-state index contributed by atoms with van der Waals surface area (Å²) in [4.78, 5) is 0. The SMILES string of the molecule is CCCc1n[nH]c(=S)n1/N=C\c1c(OCc2ccccc2)ccc2ccccc12. The van der Waals surface area contributed by atoms with Crippen molar-refractivity contribution >= 4 is 29.2 Å². The first-order valence-electron chi connectivity index (χ1n) is 9.65. The van der Waals surface area contributed by atoms with Gasteiger partial charge < -0.3 is 4.74 Å². The molecule has 4 rings (SSSR count). The largest absolute Gasteiger partial charge is 0.488 e. The first-order chi connectivity index (χ1) is 14.3. The van der Waals surface area contributed by atoms with Gasteiger partial charge in [-0.25, -0.2) is 0 Å². The molecular formula is C23H22N4OS. The van der Waals surface area contributed by atoms with Crippen LogP contribution in [-0.4, -0.2) is 21.1 Å². The molecule has 29 heavy (non-hydrogen) atoms. The Balaban J connectivity index is 1.73. The molecule has 1 N–H and O–H groups in total. The van der Waals surface area contributed by atoms with E-state index in [9.17, 15) is 0 Å². The Morgan fingerprint density at radius 2 is 1.86 bits per heavy atom. The zero-order valence-corrected chi connectivity index (χ0v) is 17.0. The molecule has 6 heteroatoms. The lowest BCUT2D eigenvalue weighted by Crippen LogP contribution is -2.02. The molecule has 146 valence electrons. The monoisotopic (exact) mass is 402 g/mol. The highest BCUT2D eigenvalue weighted by Crippen LogP contribution is 2.27. The smallest absolute Gasteiger partial charge is 0.216 e. The highest BCUT2D eigenvalue weighted by Gasteiger charge is 2.09. The Morgan fingerprint density at radius 1 is 1.07 bits per heavy atom. The zero-order valence-electron chi connectivity index (χ0n) is 16.2. The van der Waals surface area contributed by atoms with E-state index in [0.29, 0.717) is 11.4 Å². The predicted octanol–water partition coefficient (Wildman–Crippen LogP) is 5.51. The van der Waals surface area contributed by atoms with Crippen LogP contribution in [-0.2, 0) is 13.0 Å². The number of benzene rings is 3. The summed E-state index contributed by atoms with van der Waals surface area (Å²) in [7, 11) is 0. The summed E-state index contributed by atoms with van der Waals surface area (Å²) in [6, 6.07) is 22.4. The summed E-state index contributed by atoms with van der Waals surface area (Å²) in [6.07, 6.45) is 3.58. The molecule has 0 aliphatic heterocycles. The molecule has 0 spiro atoms. The number of aromatic nitrogens is 3. The summed E-state index contributed by atoms with van der Waals surface area (Å²) >= 11 is 5.35.